The summed E-state index contributed by atoms with van der Waals surface area (Å²) in [4.78, 5) is 15.2. The first kappa shape index (κ1) is 22.4. The minimum Gasteiger partial charge on any atom is -0.497 e. The van der Waals surface area contributed by atoms with Crippen molar-refractivity contribution in [2.45, 2.75) is 52.5 Å². The topological polar surface area (TPSA) is 65.4 Å². The maximum atomic E-state index is 12.7. The summed E-state index contributed by atoms with van der Waals surface area (Å²) in [5.74, 6) is 0.608. The van der Waals surface area contributed by atoms with Crippen LogP contribution in [0.5, 0.6) is 5.75 Å². The van der Waals surface area contributed by atoms with Gasteiger partial charge in [-0.2, -0.15) is 5.26 Å². The van der Waals surface area contributed by atoms with E-state index in [9.17, 15) is 10.1 Å². The summed E-state index contributed by atoms with van der Waals surface area (Å²) in [6, 6.07) is 13.5. The quantitative estimate of drug-likeness (QED) is 0.503. The number of carbonyl (C=O) groups is 1. The number of nitrogens with one attached hydrogen (secondary N) is 1. The van der Waals surface area contributed by atoms with Crippen LogP contribution in [0, 0.1) is 18.3 Å². The third-order valence-corrected chi connectivity index (χ3v) is 6.08. The molecule has 2 aromatic carbocycles. The number of amides is 1. The van der Waals surface area contributed by atoms with Crippen LogP contribution in [0.1, 0.15) is 56.7 Å². The summed E-state index contributed by atoms with van der Waals surface area (Å²) in [7, 11) is 1.57. The van der Waals surface area contributed by atoms with Crippen molar-refractivity contribution < 1.29 is 9.53 Å². The lowest BCUT2D eigenvalue weighted by atomic mass is 9.79. The Morgan fingerprint density at radius 3 is 2.74 bits per heavy atom. The second-order valence-electron chi connectivity index (χ2n) is 8.79. The van der Waals surface area contributed by atoms with Gasteiger partial charge in [-0.25, -0.2) is 0 Å². The number of rotatable bonds is 5. The molecule has 0 saturated heterocycles. The van der Waals surface area contributed by atoms with Crippen molar-refractivity contribution >= 4 is 23.4 Å². The van der Waals surface area contributed by atoms with Crippen molar-refractivity contribution in [3.05, 3.63) is 58.7 Å². The lowest BCUT2D eigenvalue weighted by molar-refractivity contribution is -0.112. The molecule has 0 spiro atoms. The number of aryl methyl sites for hydroxylation is 1. The maximum Gasteiger partial charge on any atom is 0.266 e. The zero-order valence-electron chi connectivity index (χ0n) is 19.2. The Kier molecular flexibility index (Phi) is 6.40. The van der Waals surface area contributed by atoms with Crippen molar-refractivity contribution in [2.75, 3.05) is 23.9 Å². The van der Waals surface area contributed by atoms with Gasteiger partial charge in [0, 0.05) is 29.5 Å². The molecule has 0 radical (unpaired) electrons. The number of nitriles is 1. The van der Waals surface area contributed by atoms with Crippen molar-refractivity contribution in [3.8, 4) is 11.8 Å². The second kappa shape index (κ2) is 8.85. The van der Waals surface area contributed by atoms with Crippen LogP contribution in [-0.2, 0) is 4.79 Å². The molecule has 1 N–H and O–H groups in total. The smallest absolute Gasteiger partial charge is 0.266 e. The van der Waals surface area contributed by atoms with Crippen LogP contribution in [-0.4, -0.2) is 25.1 Å². The fourth-order valence-corrected chi connectivity index (χ4v) is 4.61. The van der Waals surface area contributed by atoms with Crippen LogP contribution in [0.4, 0.5) is 11.4 Å². The summed E-state index contributed by atoms with van der Waals surface area (Å²) in [6.45, 7) is 12.0. The van der Waals surface area contributed by atoms with Crippen molar-refractivity contribution in [2.24, 2.45) is 0 Å². The molecule has 0 saturated carbocycles. The van der Waals surface area contributed by atoms with Gasteiger partial charge in [-0.1, -0.05) is 13.0 Å². The minimum atomic E-state index is -0.433. The molecule has 5 nitrogen and oxygen atoms in total. The number of hydrogen-bond acceptors (Lipinski definition) is 4. The standard InChI is InChI=1S/C26H31N3O2/c1-7-29-24-11-17(2)19(13-23(24)18(3)15-26(29,4)5)12-20(16-27)25(30)28-21-9-8-10-22(14-21)31-6/h8-14,18H,7,15H2,1-6H3,(H,28,30)/b20-12+. The summed E-state index contributed by atoms with van der Waals surface area (Å²) in [5, 5.41) is 12.4. The molecule has 1 aliphatic rings. The molecule has 0 bridgehead atoms. The average Bonchev–Trinajstić information content (AvgIpc) is 2.72. The van der Waals surface area contributed by atoms with E-state index in [1.165, 1.54) is 11.3 Å². The number of nitrogens with zero attached hydrogens (tertiary/aromatic N) is 2. The minimum absolute atomic E-state index is 0.0713. The van der Waals surface area contributed by atoms with Crippen LogP contribution in [0.2, 0.25) is 0 Å². The highest BCUT2D eigenvalue weighted by molar-refractivity contribution is 6.09. The predicted molar refractivity (Wildman–Crippen MR) is 127 cm³/mol. The van der Waals surface area contributed by atoms with E-state index >= 15 is 0 Å². The van der Waals surface area contributed by atoms with E-state index in [1.54, 1.807) is 37.5 Å². The fraction of sp³-hybridized carbons (Fsp3) is 0.385. The summed E-state index contributed by atoms with van der Waals surface area (Å²) in [6.07, 6.45) is 2.75. The fourth-order valence-electron chi connectivity index (χ4n) is 4.61. The Bertz CT molecular complexity index is 1060. The third kappa shape index (κ3) is 4.59. The second-order valence-corrected chi connectivity index (χ2v) is 8.79. The Hall–Kier alpha value is -3.26. The van der Waals surface area contributed by atoms with E-state index in [1.807, 2.05) is 6.92 Å². The zero-order chi connectivity index (χ0) is 22.8. The van der Waals surface area contributed by atoms with E-state index in [0.29, 0.717) is 17.4 Å². The normalized spacial score (nSPS) is 17.5. The monoisotopic (exact) mass is 417 g/mol. The van der Waals surface area contributed by atoms with Crippen molar-refractivity contribution in [3.63, 3.8) is 0 Å². The molecule has 1 heterocycles. The molecular formula is C26H31N3O2. The largest absolute Gasteiger partial charge is 0.497 e. The van der Waals surface area contributed by atoms with Crippen LogP contribution in [0.3, 0.4) is 0 Å². The molecule has 5 heteroatoms. The molecule has 1 unspecified atom stereocenters. The summed E-state index contributed by atoms with van der Waals surface area (Å²) < 4.78 is 5.20. The van der Waals surface area contributed by atoms with Gasteiger partial charge in [-0.3, -0.25) is 4.79 Å². The predicted octanol–water partition coefficient (Wildman–Crippen LogP) is 5.66. The van der Waals surface area contributed by atoms with Crippen LogP contribution < -0.4 is 15.0 Å². The highest BCUT2D eigenvalue weighted by Crippen LogP contribution is 2.44. The third-order valence-electron chi connectivity index (χ3n) is 6.08. The first-order valence-corrected chi connectivity index (χ1v) is 10.7. The van der Waals surface area contributed by atoms with E-state index in [4.69, 9.17) is 4.74 Å². The number of fused-ring (bicyclic) bond motifs is 1. The molecule has 1 aliphatic heterocycles. The summed E-state index contributed by atoms with van der Waals surface area (Å²) in [5.41, 5.74) is 5.22. The van der Waals surface area contributed by atoms with Gasteiger partial charge in [0.15, 0.2) is 0 Å². The number of anilines is 2. The Morgan fingerprint density at radius 2 is 2.10 bits per heavy atom. The highest BCUT2D eigenvalue weighted by Gasteiger charge is 2.35. The lowest BCUT2D eigenvalue weighted by Crippen LogP contribution is -2.48. The molecule has 1 atom stereocenters. The first-order chi connectivity index (χ1) is 14.7. The lowest BCUT2D eigenvalue weighted by Gasteiger charge is -2.47. The van der Waals surface area contributed by atoms with Gasteiger partial charge >= 0.3 is 0 Å². The number of ether oxygens (including phenoxy) is 1. The molecule has 0 aliphatic carbocycles. The van der Waals surface area contributed by atoms with Crippen LogP contribution in [0.25, 0.3) is 6.08 Å². The molecule has 0 aromatic heterocycles. The maximum absolute atomic E-state index is 12.7. The van der Waals surface area contributed by atoms with Gasteiger partial charge in [-0.15, -0.1) is 0 Å². The number of carbonyl (C=O) groups excluding carboxylic acids is 1. The van der Waals surface area contributed by atoms with Crippen LogP contribution >= 0.6 is 0 Å². The van der Waals surface area contributed by atoms with Gasteiger partial charge in [-0.05, 0) is 87.1 Å². The molecule has 3 rings (SSSR count). The van der Waals surface area contributed by atoms with Gasteiger partial charge in [0.05, 0.1) is 7.11 Å². The summed E-state index contributed by atoms with van der Waals surface area (Å²) >= 11 is 0. The van der Waals surface area contributed by atoms with E-state index < -0.39 is 5.91 Å². The molecule has 31 heavy (non-hydrogen) atoms. The molecule has 2 aromatic rings. The molecule has 0 fully saturated rings. The number of hydrogen-bond donors (Lipinski definition) is 1. The molecule has 1 amide bonds. The first-order valence-electron chi connectivity index (χ1n) is 10.7. The number of benzene rings is 2. The van der Waals surface area contributed by atoms with E-state index in [2.05, 4.69) is 56.1 Å². The zero-order valence-corrected chi connectivity index (χ0v) is 19.2. The van der Waals surface area contributed by atoms with Crippen molar-refractivity contribution in [1.29, 1.82) is 5.26 Å². The SMILES string of the molecule is CCN1c2cc(C)c(/C=C(\C#N)C(=O)Nc3cccc(OC)c3)cc2C(C)CC1(C)C. The average molecular weight is 418 g/mol. The Morgan fingerprint density at radius 1 is 1.35 bits per heavy atom. The van der Waals surface area contributed by atoms with Gasteiger partial charge in [0.25, 0.3) is 5.91 Å². The highest BCUT2D eigenvalue weighted by atomic mass is 16.5. The Balaban J connectivity index is 1.95. The van der Waals surface area contributed by atoms with Gasteiger partial charge in [0.1, 0.15) is 17.4 Å². The van der Waals surface area contributed by atoms with Gasteiger partial charge in [0.2, 0.25) is 0 Å². The van der Waals surface area contributed by atoms with E-state index in [-0.39, 0.29) is 11.1 Å². The number of methoxy groups -OCH3 is 1. The van der Waals surface area contributed by atoms with Gasteiger partial charge < -0.3 is 15.0 Å². The van der Waals surface area contributed by atoms with E-state index in [0.717, 1.165) is 24.1 Å². The Labute approximate surface area is 185 Å². The molecular weight excluding hydrogens is 386 g/mol. The van der Waals surface area contributed by atoms with Crippen LogP contribution in [0.15, 0.2) is 42.0 Å². The molecule has 162 valence electrons. The van der Waals surface area contributed by atoms with Crippen molar-refractivity contribution in [1.82, 2.24) is 0 Å².